The minimum absolute atomic E-state index is 0.00375. The number of benzene rings is 1. The van der Waals surface area contributed by atoms with Crippen LogP contribution >= 0.6 is 0 Å². The number of fused-ring (bicyclic) bond motifs is 2. The van der Waals surface area contributed by atoms with Gasteiger partial charge in [0.25, 0.3) is 12.3 Å². The van der Waals surface area contributed by atoms with E-state index in [0.717, 1.165) is 4.68 Å². The van der Waals surface area contributed by atoms with Gasteiger partial charge in [-0.1, -0.05) is 11.3 Å². The molecule has 2 fully saturated rings. The van der Waals surface area contributed by atoms with E-state index in [1.165, 1.54) is 17.7 Å². The van der Waals surface area contributed by atoms with Crippen molar-refractivity contribution in [2.24, 2.45) is 4.99 Å². The second kappa shape index (κ2) is 9.05. The van der Waals surface area contributed by atoms with Crippen molar-refractivity contribution in [3.63, 3.8) is 0 Å². The van der Waals surface area contributed by atoms with Gasteiger partial charge in [-0.3, -0.25) is 14.5 Å². The second-order valence-electron chi connectivity index (χ2n) is 9.90. The third kappa shape index (κ3) is 4.21. The topological polar surface area (TPSA) is 97.9 Å². The second-order valence-corrected chi connectivity index (χ2v) is 9.90. The first-order chi connectivity index (χ1) is 18.6. The largest absolute Gasteiger partial charge is 0.479 e. The summed E-state index contributed by atoms with van der Waals surface area (Å²) in [5, 5.41) is 10.6. The summed E-state index contributed by atoms with van der Waals surface area (Å²) in [6, 6.07) is 5.24. The average molecular weight is 536 g/mol. The van der Waals surface area contributed by atoms with Gasteiger partial charge in [-0.2, -0.15) is 4.98 Å². The molecule has 2 aliphatic rings. The van der Waals surface area contributed by atoms with E-state index in [-0.39, 0.29) is 24.1 Å². The summed E-state index contributed by atoms with van der Waals surface area (Å²) in [6.45, 7) is 2.17. The van der Waals surface area contributed by atoms with Gasteiger partial charge in [0, 0.05) is 18.3 Å². The number of likely N-dealkylation sites (tertiary alicyclic amines) is 1. The van der Waals surface area contributed by atoms with Crippen LogP contribution in [-0.2, 0) is 11.3 Å². The van der Waals surface area contributed by atoms with Crippen LogP contribution in [0.15, 0.2) is 35.4 Å². The molecule has 202 valence electrons. The molecule has 2 aliphatic heterocycles. The number of aromatic amines is 1. The van der Waals surface area contributed by atoms with E-state index in [4.69, 9.17) is 10.8 Å². The summed E-state index contributed by atoms with van der Waals surface area (Å²) in [5.41, 5.74) is 1.83. The molecule has 2 saturated heterocycles. The van der Waals surface area contributed by atoms with Crippen LogP contribution in [0.5, 0.6) is 5.88 Å². The van der Waals surface area contributed by atoms with Gasteiger partial charge in [0.15, 0.2) is 0 Å². The lowest BCUT2D eigenvalue weighted by Gasteiger charge is -2.51. The molecule has 0 aliphatic carbocycles. The number of H-pyrrole nitrogens is 1. The van der Waals surface area contributed by atoms with E-state index in [0.29, 0.717) is 47.4 Å². The zero-order valence-corrected chi connectivity index (χ0v) is 20.7. The van der Waals surface area contributed by atoms with Crippen molar-refractivity contribution < 1.29 is 28.4 Å². The standard InChI is InChI=1S/C24H26F4N8O2/c1-23(12-38-13-23)34-7-6-18(24(27,28)11-34)29-22-30-21(37-2)20-15(5-8-35(20)32-22)14-3-4-16-17(9-14)36(33-31-16)10-19(25)26/h3-5,8-9,18-19H,6-7,10-13H2,1-2H3,(H,29,32)/t18-/m1/s1/i8D. The summed E-state index contributed by atoms with van der Waals surface area (Å²) in [5.74, 6) is -3.02. The van der Waals surface area contributed by atoms with E-state index in [1.807, 2.05) is 6.92 Å². The van der Waals surface area contributed by atoms with Gasteiger partial charge >= 0.3 is 0 Å². The molecule has 1 atom stereocenters. The molecule has 0 saturated carbocycles. The number of ether oxygens (including phenoxy) is 2. The number of nitrogens with zero attached hydrogens (tertiary/aromatic N) is 7. The number of rotatable bonds is 6. The Hall–Kier alpha value is -3.52. The summed E-state index contributed by atoms with van der Waals surface area (Å²) in [4.78, 5) is 10.3. The number of aromatic nitrogens is 6. The Bertz CT molecular complexity index is 1610. The fraction of sp³-hybridized carbons (Fsp3) is 0.500. The van der Waals surface area contributed by atoms with Crippen LogP contribution in [-0.4, -0.2) is 91.8 Å². The van der Waals surface area contributed by atoms with E-state index >= 15 is 8.78 Å². The molecule has 1 aromatic carbocycles. The molecule has 0 bridgehead atoms. The van der Waals surface area contributed by atoms with Crippen molar-refractivity contribution in [3.05, 3.63) is 36.1 Å². The van der Waals surface area contributed by atoms with Crippen LogP contribution in [0.25, 0.3) is 27.7 Å². The van der Waals surface area contributed by atoms with Crippen LogP contribution in [0.3, 0.4) is 0 Å². The lowest BCUT2D eigenvalue weighted by atomic mass is 9.91. The van der Waals surface area contributed by atoms with Crippen LogP contribution in [0.2, 0.25) is 0 Å². The zero-order chi connectivity index (χ0) is 27.5. The fourth-order valence-corrected chi connectivity index (χ4v) is 5.05. The van der Waals surface area contributed by atoms with Crippen LogP contribution in [0.1, 0.15) is 14.7 Å². The predicted molar refractivity (Wildman–Crippen MR) is 128 cm³/mol. The Morgan fingerprint density at radius 2 is 2.13 bits per heavy atom. The van der Waals surface area contributed by atoms with Gasteiger partial charge in [-0.15, -0.1) is 5.10 Å². The van der Waals surface area contributed by atoms with Crippen molar-refractivity contribution >= 4 is 16.6 Å². The van der Waals surface area contributed by atoms with Gasteiger partial charge in [-0.05, 0) is 37.1 Å². The highest BCUT2D eigenvalue weighted by Gasteiger charge is 2.51. The number of halogens is 4. The Balaban J connectivity index is 1.38. The first-order valence-corrected chi connectivity index (χ1v) is 12.1. The normalized spacial score (nSPS) is 22.2. The van der Waals surface area contributed by atoms with E-state index in [1.54, 1.807) is 23.1 Å². The third-order valence-electron chi connectivity index (χ3n) is 7.20. The number of piperidine rings is 1. The number of nitrogens with one attached hydrogen (secondary N) is 1. The highest BCUT2D eigenvalue weighted by atomic mass is 19.3. The Morgan fingerprint density at radius 1 is 1.32 bits per heavy atom. The Labute approximate surface area is 215 Å². The van der Waals surface area contributed by atoms with Crippen molar-refractivity contribution in [2.75, 3.05) is 33.4 Å². The van der Waals surface area contributed by atoms with E-state index in [2.05, 4.69) is 25.4 Å². The summed E-state index contributed by atoms with van der Waals surface area (Å²) in [6.07, 6.45) is -2.48. The maximum Gasteiger partial charge on any atom is 0.282 e. The molecular weight excluding hydrogens is 508 g/mol. The fourth-order valence-electron chi connectivity index (χ4n) is 5.05. The molecule has 14 heteroatoms. The average Bonchev–Trinajstić information content (AvgIpc) is 3.43. The molecule has 0 radical (unpaired) electrons. The van der Waals surface area contributed by atoms with Crippen molar-refractivity contribution in [2.45, 2.75) is 43.8 Å². The molecule has 1 N–H and O–H groups in total. The maximum absolute atomic E-state index is 15.2. The van der Waals surface area contributed by atoms with Gasteiger partial charge in [0.2, 0.25) is 11.5 Å². The molecule has 0 spiro atoms. The van der Waals surface area contributed by atoms with E-state index in [9.17, 15) is 8.78 Å². The molecule has 10 nitrogen and oxygen atoms in total. The van der Waals surface area contributed by atoms with Gasteiger partial charge in [-0.25, -0.2) is 27.2 Å². The minimum Gasteiger partial charge on any atom is -0.479 e. The molecule has 38 heavy (non-hydrogen) atoms. The number of hydrogen-bond acceptors (Lipinski definition) is 7. The SMILES string of the molecule is [2H]c1cc(-c2ccc3nnn(CC(F)F)c3c2)c2c(OC)nc(=N[C@@H]3CCN(C4(C)COC4)CC3(F)F)[nH]n12. The number of methoxy groups -OCH3 is 1. The molecular formula is C24H26F4N8O2. The molecule has 6 rings (SSSR count). The van der Waals surface area contributed by atoms with Crippen LogP contribution < -0.4 is 10.4 Å². The Kier molecular flexibility index (Phi) is 5.62. The lowest BCUT2D eigenvalue weighted by molar-refractivity contribution is -0.176. The van der Waals surface area contributed by atoms with Crippen molar-refractivity contribution in [3.8, 4) is 17.0 Å². The summed E-state index contributed by atoms with van der Waals surface area (Å²) < 4.78 is 78.0. The molecule has 0 unspecified atom stereocenters. The molecule has 4 aromatic rings. The summed E-state index contributed by atoms with van der Waals surface area (Å²) >= 11 is 0. The summed E-state index contributed by atoms with van der Waals surface area (Å²) in [7, 11) is 1.38. The first-order valence-electron chi connectivity index (χ1n) is 12.6. The van der Waals surface area contributed by atoms with Crippen molar-refractivity contribution in [1.29, 1.82) is 0 Å². The maximum atomic E-state index is 15.2. The Morgan fingerprint density at radius 3 is 2.82 bits per heavy atom. The van der Waals surface area contributed by atoms with Gasteiger partial charge < -0.3 is 9.47 Å². The number of hydrogen-bond donors (Lipinski definition) is 1. The van der Waals surface area contributed by atoms with Crippen molar-refractivity contribution in [1.82, 2.24) is 34.5 Å². The smallest absolute Gasteiger partial charge is 0.282 e. The molecule has 3 aromatic heterocycles. The lowest BCUT2D eigenvalue weighted by Crippen LogP contribution is -2.66. The predicted octanol–water partition coefficient (Wildman–Crippen LogP) is 2.75. The van der Waals surface area contributed by atoms with Crippen LogP contribution in [0, 0.1) is 0 Å². The minimum atomic E-state index is -3.09. The van der Waals surface area contributed by atoms with Gasteiger partial charge in [0.05, 0.1) is 39.3 Å². The molecule has 5 heterocycles. The highest BCUT2D eigenvalue weighted by molar-refractivity contribution is 5.89. The van der Waals surface area contributed by atoms with Gasteiger partial charge in [0.1, 0.15) is 23.6 Å². The quantitative estimate of drug-likeness (QED) is 0.382. The monoisotopic (exact) mass is 535 g/mol. The zero-order valence-electron chi connectivity index (χ0n) is 21.7. The highest BCUT2D eigenvalue weighted by Crippen LogP contribution is 2.36. The first kappa shape index (κ1) is 23.6. The third-order valence-corrected chi connectivity index (χ3v) is 7.20. The number of alkyl halides is 4. The van der Waals surface area contributed by atoms with E-state index < -0.39 is 37.0 Å². The molecule has 0 amide bonds. The van der Waals surface area contributed by atoms with Crippen LogP contribution in [0.4, 0.5) is 17.6 Å².